The first kappa shape index (κ1) is 11.4. The average molecular weight is 235 g/mol. The van der Waals surface area contributed by atoms with Crippen molar-refractivity contribution in [2.75, 3.05) is 7.11 Å². The molecule has 0 amide bonds. The molecule has 0 bridgehead atoms. The van der Waals surface area contributed by atoms with Gasteiger partial charge in [0.15, 0.2) is 5.65 Å². The number of ether oxygens (including phenoxy) is 1. The van der Waals surface area contributed by atoms with Crippen LogP contribution in [0, 0.1) is 0 Å². The summed E-state index contributed by atoms with van der Waals surface area (Å²) in [6.45, 7) is 3.90. The molecular weight excluding hydrogens is 222 g/mol. The van der Waals surface area contributed by atoms with Gasteiger partial charge in [-0.25, -0.2) is 9.48 Å². The molecule has 0 aliphatic carbocycles. The number of aromatic carboxylic acids is 1. The second-order valence-corrected chi connectivity index (χ2v) is 3.94. The number of nitrogens with zero attached hydrogens (tertiary/aromatic N) is 3. The number of methoxy groups -OCH3 is 1. The van der Waals surface area contributed by atoms with Gasteiger partial charge < -0.3 is 9.84 Å². The van der Waals surface area contributed by atoms with Gasteiger partial charge in [0.25, 0.3) is 0 Å². The van der Waals surface area contributed by atoms with E-state index in [1.807, 2.05) is 13.8 Å². The molecule has 0 unspecified atom stereocenters. The van der Waals surface area contributed by atoms with Gasteiger partial charge in [0.2, 0.25) is 5.88 Å². The van der Waals surface area contributed by atoms with Crippen LogP contribution in [0.25, 0.3) is 11.0 Å². The zero-order chi connectivity index (χ0) is 12.6. The van der Waals surface area contributed by atoms with Crippen LogP contribution >= 0.6 is 0 Å². The molecule has 0 aliphatic heterocycles. The normalized spacial score (nSPS) is 11.1. The molecular formula is C11H13N3O3. The van der Waals surface area contributed by atoms with Crippen LogP contribution in [0.4, 0.5) is 0 Å². The Morgan fingerprint density at radius 2 is 2.24 bits per heavy atom. The van der Waals surface area contributed by atoms with Crippen LogP contribution in [0.1, 0.15) is 30.2 Å². The standard InChI is InChI=1S/C11H13N3O3/c1-6(2)14-10-8(5-12-14)7(11(15)16)4-9(13-10)17-3/h4-6H,1-3H3,(H,15,16). The molecule has 0 saturated heterocycles. The molecule has 0 aromatic carbocycles. The Kier molecular flexibility index (Phi) is 2.71. The Labute approximate surface area is 97.8 Å². The minimum Gasteiger partial charge on any atom is -0.481 e. The molecule has 0 radical (unpaired) electrons. The third kappa shape index (κ3) is 1.82. The predicted octanol–water partition coefficient (Wildman–Crippen LogP) is 1.72. The van der Waals surface area contributed by atoms with Crippen molar-refractivity contribution in [1.82, 2.24) is 14.8 Å². The maximum Gasteiger partial charge on any atom is 0.336 e. The zero-order valence-corrected chi connectivity index (χ0v) is 9.84. The van der Waals surface area contributed by atoms with Crippen LogP contribution in [-0.2, 0) is 0 Å². The summed E-state index contributed by atoms with van der Waals surface area (Å²) in [4.78, 5) is 15.4. The van der Waals surface area contributed by atoms with E-state index in [0.29, 0.717) is 11.0 Å². The molecule has 0 saturated carbocycles. The second kappa shape index (κ2) is 4.04. The third-order valence-electron chi connectivity index (χ3n) is 2.47. The van der Waals surface area contributed by atoms with Gasteiger partial charge in [-0.3, -0.25) is 0 Å². The van der Waals surface area contributed by atoms with E-state index in [-0.39, 0.29) is 17.5 Å². The summed E-state index contributed by atoms with van der Waals surface area (Å²) in [6.07, 6.45) is 1.52. The van der Waals surface area contributed by atoms with Gasteiger partial charge in [0.05, 0.1) is 24.3 Å². The monoisotopic (exact) mass is 235 g/mol. The van der Waals surface area contributed by atoms with Gasteiger partial charge in [-0.1, -0.05) is 0 Å². The molecule has 2 heterocycles. The molecule has 0 fully saturated rings. The number of fused-ring (bicyclic) bond motifs is 1. The molecule has 2 aromatic heterocycles. The maximum atomic E-state index is 11.1. The molecule has 90 valence electrons. The van der Waals surface area contributed by atoms with Crippen LogP contribution in [0.2, 0.25) is 0 Å². The largest absolute Gasteiger partial charge is 0.481 e. The number of carbonyl (C=O) groups is 1. The van der Waals surface area contributed by atoms with E-state index in [0.717, 1.165) is 0 Å². The Morgan fingerprint density at radius 1 is 1.53 bits per heavy atom. The average Bonchev–Trinajstić information content (AvgIpc) is 2.70. The van der Waals surface area contributed by atoms with Gasteiger partial charge >= 0.3 is 5.97 Å². The summed E-state index contributed by atoms with van der Waals surface area (Å²) in [6, 6.07) is 1.51. The molecule has 2 aromatic rings. The van der Waals surface area contributed by atoms with E-state index in [2.05, 4.69) is 10.1 Å². The summed E-state index contributed by atoms with van der Waals surface area (Å²) in [5.41, 5.74) is 0.676. The summed E-state index contributed by atoms with van der Waals surface area (Å²) in [7, 11) is 1.45. The van der Waals surface area contributed by atoms with E-state index in [1.54, 1.807) is 4.68 Å². The first-order valence-electron chi connectivity index (χ1n) is 5.20. The molecule has 1 N–H and O–H groups in total. The highest BCUT2D eigenvalue weighted by Crippen LogP contribution is 2.23. The van der Waals surface area contributed by atoms with Gasteiger partial charge in [-0.15, -0.1) is 0 Å². The second-order valence-electron chi connectivity index (χ2n) is 3.94. The fourth-order valence-corrected chi connectivity index (χ4v) is 1.65. The topological polar surface area (TPSA) is 77.2 Å². The SMILES string of the molecule is COc1cc(C(=O)O)c2cnn(C(C)C)c2n1. The Hall–Kier alpha value is -2.11. The van der Waals surface area contributed by atoms with Crippen molar-refractivity contribution in [2.45, 2.75) is 19.9 Å². The number of aromatic nitrogens is 3. The summed E-state index contributed by atoms with van der Waals surface area (Å²) in [5.74, 6) is -0.740. The minimum absolute atomic E-state index is 0.105. The number of hydrogen-bond acceptors (Lipinski definition) is 4. The quantitative estimate of drug-likeness (QED) is 0.876. The molecule has 0 aliphatic rings. The summed E-state index contributed by atoms with van der Waals surface area (Å²) < 4.78 is 6.67. The third-order valence-corrected chi connectivity index (χ3v) is 2.47. The Balaban J connectivity index is 2.78. The van der Waals surface area contributed by atoms with E-state index in [9.17, 15) is 4.79 Å². The van der Waals surface area contributed by atoms with Gasteiger partial charge in [0.1, 0.15) is 0 Å². The van der Waals surface area contributed by atoms with Crippen molar-refractivity contribution in [3.8, 4) is 5.88 Å². The van der Waals surface area contributed by atoms with Crippen molar-refractivity contribution in [2.24, 2.45) is 0 Å². The fraction of sp³-hybridized carbons (Fsp3) is 0.364. The number of pyridine rings is 1. The van der Waals surface area contributed by atoms with Crippen molar-refractivity contribution in [1.29, 1.82) is 0 Å². The van der Waals surface area contributed by atoms with Crippen molar-refractivity contribution >= 4 is 17.0 Å². The lowest BCUT2D eigenvalue weighted by Gasteiger charge is -2.08. The van der Waals surface area contributed by atoms with Gasteiger partial charge in [-0.2, -0.15) is 10.1 Å². The van der Waals surface area contributed by atoms with E-state index in [4.69, 9.17) is 9.84 Å². The Bertz CT molecular complexity index is 575. The molecule has 6 nitrogen and oxygen atoms in total. The van der Waals surface area contributed by atoms with Gasteiger partial charge in [-0.05, 0) is 13.8 Å². The fourth-order valence-electron chi connectivity index (χ4n) is 1.65. The number of hydrogen-bond donors (Lipinski definition) is 1. The van der Waals surface area contributed by atoms with E-state index < -0.39 is 5.97 Å². The maximum absolute atomic E-state index is 11.1. The molecule has 2 rings (SSSR count). The zero-order valence-electron chi connectivity index (χ0n) is 9.84. The van der Waals surface area contributed by atoms with Crippen LogP contribution in [-0.4, -0.2) is 33.0 Å². The molecule has 0 spiro atoms. The van der Waals surface area contributed by atoms with Crippen LogP contribution in [0.3, 0.4) is 0 Å². The van der Waals surface area contributed by atoms with E-state index >= 15 is 0 Å². The smallest absolute Gasteiger partial charge is 0.336 e. The molecule has 0 atom stereocenters. The molecule has 6 heteroatoms. The first-order valence-corrected chi connectivity index (χ1v) is 5.20. The van der Waals surface area contributed by atoms with Gasteiger partial charge in [0, 0.05) is 12.1 Å². The van der Waals surface area contributed by atoms with E-state index in [1.165, 1.54) is 19.4 Å². The summed E-state index contributed by atoms with van der Waals surface area (Å²) in [5, 5.41) is 13.8. The Morgan fingerprint density at radius 3 is 2.76 bits per heavy atom. The highest BCUT2D eigenvalue weighted by atomic mass is 16.5. The number of carboxylic acids is 1. The predicted molar refractivity (Wildman–Crippen MR) is 61.4 cm³/mol. The highest BCUT2D eigenvalue weighted by molar-refractivity contribution is 6.01. The van der Waals surface area contributed by atoms with Crippen molar-refractivity contribution < 1.29 is 14.6 Å². The molecule has 17 heavy (non-hydrogen) atoms. The van der Waals surface area contributed by atoms with Crippen molar-refractivity contribution in [3.63, 3.8) is 0 Å². The lowest BCUT2D eigenvalue weighted by atomic mass is 10.2. The lowest BCUT2D eigenvalue weighted by molar-refractivity contribution is 0.0698. The number of rotatable bonds is 3. The van der Waals surface area contributed by atoms with Crippen molar-refractivity contribution in [3.05, 3.63) is 17.8 Å². The highest BCUT2D eigenvalue weighted by Gasteiger charge is 2.17. The van der Waals surface area contributed by atoms with Crippen LogP contribution in [0.15, 0.2) is 12.3 Å². The minimum atomic E-state index is -1.01. The van der Waals surface area contributed by atoms with Crippen LogP contribution in [0.5, 0.6) is 5.88 Å². The van der Waals surface area contributed by atoms with Crippen LogP contribution < -0.4 is 4.74 Å². The summed E-state index contributed by atoms with van der Waals surface area (Å²) >= 11 is 0. The lowest BCUT2D eigenvalue weighted by Crippen LogP contribution is -2.05. The first-order chi connectivity index (χ1) is 8.04. The number of carboxylic acid groups (broad SMARTS) is 1.